The van der Waals surface area contributed by atoms with Crippen LogP contribution in [0.5, 0.6) is 0 Å². The number of aromatic nitrogens is 2. The zero-order chi connectivity index (χ0) is 17.5. The summed E-state index contributed by atoms with van der Waals surface area (Å²) >= 11 is 1.52. The van der Waals surface area contributed by atoms with E-state index in [0.29, 0.717) is 5.95 Å². The molecule has 0 atom stereocenters. The van der Waals surface area contributed by atoms with Gasteiger partial charge in [-0.2, -0.15) is 0 Å². The molecular formula is C19H16N4OS. The molecule has 3 aromatic rings. The molecule has 124 valence electrons. The maximum atomic E-state index is 11.3. The van der Waals surface area contributed by atoms with Gasteiger partial charge in [-0.25, -0.2) is 9.97 Å². The van der Waals surface area contributed by atoms with Crippen molar-refractivity contribution >= 4 is 35.0 Å². The number of nitrogens with one attached hydrogen (secondary N) is 2. The molecule has 0 saturated heterocycles. The average Bonchev–Trinajstić information content (AvgIpc) is 2.64. The average molecular weight is 348 g/mol. The van der Waals surface area contributed by atoms with Crippen LogP contribution in [0.3, 0.4) is 0 Å². The van der Waals surface area contributed by atoms with Gasteiger partial charge in [-0.15, -0.1) is 0 Å². The largest absolute Gasteiger partial charge is 0.324 e. The van der Waals surface area contributed by atoms with Crippen LogP contribution in [0.4, 0.5) is 17.3 Å². The first-order valence-corrected chi connectivity index (χ1v) is 8.41. The number of rotatable bonds is 6. The molecule has 1 heterocycles. The number of amides is 1. The first-order valence-electron chi connectivity index (χ1n) is 7.59. The molecule has 0 spiro atoms. The second-order valence-corrected chi connectivity index (χ2v) is 6.12. The summed E-state index contributed by atoms with van der Waals surface area (Å²) in [5.41, 5.74) is 1.66. The van der Waals surface area contributed by atoms with Crippen LogP contribution in [0, 0.1) is 0 Å². The summed E-state index contributed by atoms with van der Waals surface area (Å²) in [6, 6.07) is 19.2. The Bertz CT molecular complexity index is 866. The molecule has 0 saturated carbocycles. The third kappa shape index (κ3) is 4.92. The third-order valence-corrected chi connectivity index (χ3v) is 4.13. The minimum absolute atomic E-state index is 0.229. The van der Waals surface area contributed by atoms with Gasteiger partial charge in [-0.3, -0.25) is 4.79 Å². The highest BCUT2D eigenvalue weighted by molar-refractivity contribution is 7.99. The highest BCUT2D eigenvalue weighted by Crippen LogP contribution is 2.27. The number of hydrogen-bond acceptors (Lipinski definition) is 5. The van der Waals surface area contributed by atoms with Crippen molar-refractivity contribution in [2.75, 3.05) is 10.6 Å². The molecule has 2 aromatic carbocycles. The first-order chi connectivity index (χ1) is 12.2. The van der Waals surface area contributed by atoms with Crippen LogP contribution in [-0.2, 0) is 4.79 Å². The second kappa shape index (κ2) is 8.12. The van der Waals surface area contributed by atoms with Crippen molar-refractivity contribution in [3.8, 4) is 0 Å². The standard InChI is InChI=1S/C19H16N4OS/c1-2-17(24)21-15-8-10-16(11-9-15)25-18-12-13-20-19(23-18)22-14-6-4-3-5-7-14/h2-13H,1H2,(H,21,24)(H,20,22,23). The zero-order valence-corrected chi connectivity index (χ0v) is 14.2. The lowest BCUT2D eigenvalue weighted by Gasteiger charge is -2.07. The second-order valence-electron chi connectivity index (χ2n) is 5.03. The van der Waals surface area contributed by atoms with E-state index in [2.05, 4.69) is 27.2 Å². The summed E-state index contributed by atoms with van der Waals surface area (Å²) in [5.74, 6) is 0.318. The molecular weight excluding hydrogens is 332 g/mol. The molecule has 0 bridgehead atoms. The van der Waals surface area contributed by atoms with Crippen LogP contribution in [0.25, 0.3) is 0 Å². The minimum atomic E-state index is -0.229. The highest BCUT2D eigenvalue weighted by Gasteiger charge is 2.03. The molecule has 1 aromatic heterocycles. The normalized spacial score (nSPS) is 10.1. The van der Waals surface area contributed by atoms with Gasteiger partial charge in [0.25, 0.3) is 0 Å². The Kier molecular flexibility index (Phi) is 5.43. The summed E-state index contributed by atoms with van der Waals surface area (Å²) in [4.78, 5) is 21.0. The first kappa shape index (κ1) is 16.7. The van der Waals surface area contributed by atoms with Crippen molar-refractivity contribution in [2.24, 2.45) is 0 Å². The summed E-state index contributed by atoms with van der Waals surface area (Å²) in [5, 5.41) is 6.72. The van der Waals surface area contributed by atoms with Gasteiger partial charge >= 0.3 is 0 Å². The Morgan fingerprint density at radius 2 is 1.76 bits per heavy atom. The van der Waals surface area contributed by atoms with E-state index in [0.717, 1.165) is 21.3 Å². The fourth-order valence-electron chi connectivity index (χ4n) is 2.03. The molecule has 0 aliphatic rings. The Morgan fingerprint density at radius 1 is 1.00 bits per heavy atom. The number of anilines is 3. The van der Waals surface area contributed by atoms with Gasteiger partial charge in [0.1, 0.15) is 5.03 Å². The number of nitrogens with zero attached hydrogens (tertiary/aromatic N) is 2. The predicted molar refractivity (Wildman–Crippen MR) is 101 cm³/mol. The van der Waals surface area contributed by atoms with Crippen molar-refractivity contribution in [1.29, 1.82) is 0 Å². The van der Waals surface area contributed by atoms with Crippen LogP contribution in [0.15, 0.2) is 89.4 Å². The van der Waals surface area contributed by atoms with E-state index in [1.165, 1.54) is 17.8 Å². The van der Waals surface area contributed by atoms with Crippen molar-refractivity contribution in [3.63, 3.8) is 0 Å². The summed E-state index contributed by atoms with van der Waals surface area (Å²) < 4.78 is 0. The number of benzene rings is 2. The molecule has 25 heavy (non-hydrogen) atoms. The molecule has 5 nitrogen and oxygen atoms in total. The van der Waals surface area contributed by atoms with Gasteiger partial charge in [-0.05, 0) is 48.5 Å². The molecule has 0 radical (unpaired) electrons. The lowest BCUT2D eigenvalue weighted by atomic mass is 10.3. The summed E-state index contributed by atoms with van der Waals surface area (Å²) in [7, 11) is 0. The van der Waals surface area contributed by atoms with Gasteiger partial charge in [0.2, 0.25) is 11.9 Å². The van der Waals surface area contributed by atoms with E-state index >= 15 is 0 Å². The third-order valence-electron chi connectivity index (χ3n) is 3.19. The van der Waals surface area contributed by atoms with E-state index < -0.39 is 0 Å². The van der Waals surface area contributed by atoms with E-state index in [1.807, 2.05) is 60.7 Å². The molecule has 0 aliphatic carbocycles. The quantitative estimate of drug-likeness (QED) is 0.507. The van der Waals surface area contributed by atoms with Gasteiger partial charge in [0, 0.05) is 22.5 Å². The maximum Gasteiger partial charge on any atom is 0.247 e. The SMILES string of the molecule is C=CC(=O)Nc1ccc(Sc2ccnc(Nc3ccccc3)n2)cc1. The lowest BCUT2D eigenvalue weighted by Crippen LogP contribution is -2.06. The molecule has 0 aliphatic heterocycles. The Balaban J connectivity index is 1.67. The molecule has 6 heteroatoms. The fourth-order valence-corrected chi connectivity index (χ4v) is 2.80. The van der Waals surface area contributed by atoms with E-state index in [4.69, 9.17) is 0 Å². The molecule has 3 rings (SSSR count). The van der Waals surface area contributed by atoms with Crippen molar-refractivity contribution in [2.45, 2.75) is 9.92 Å². The monoisotopic (exact) mass is 348 g/mol. The van der Waals surface area contributed by atoms with Gasteiger partial charge < -0.3 is 10.6 Å². The van der Waals surface area contributed by atoms with E-state index in [-0.39, 0.29) is 5.91 Å². The lowest BCUT2D eigenvalue weighted by molar-refractivity contribution is -0.111. The van der Waals surface area contributed by atoms with E-state index in [9.17, 15) is 4.79 Å². The summed E-state index contributed by atoms with van der Waals surface area (Å²) in [6.07, 6.45) is 2.96. The number of carbonyl (C=O) groups excluding carboxylic acids is 1. The van der Waals surface area contributed by atoms with Crippen molar-refractivity contribution in [3.05, 3.63) is 79.5 Å². The van der Waals surface area contributed by atoms with Gasteiger partial charge in [-0.1, -0.05) is 36.5 Å². The Morgan fingerprint density at radius 3 is 2.48 bits per heavy atom. The minimum Gasteiger partial charge on any atom is -0.324 e. The van der Waals surface area contributed by atoms with Crippen molar-refractivity contribution in [1.82, 2.24) is 9.97 Å². The molecule has 0 fully saturated rings. The van der Waals surface area contributed by atoms with Crippen LogP contribution < -0.4 is 10.6 Å². The van der Waals surface area contributed by atoms with Gasteiger partial charge in [0.05, 0.1) is 0 Å². The topological polar surface area (TPSA) is 66.9 Å². The predicted octanol–water partition coefficient (Wildman–Crippen LogP) is 4.50. The van der Waals surface area contributed by atoms with Gasteiger partial charge in [0.15, 0.2) is 0 Å². The van der Waals surface area contributed by atoms with Crippen LogP contribution >= 0.6 is 11.8 Å². The van der Waals surface area contributed by atoms with Crippen LogP contribution in [-0.4, -0.2) is 15.9 Å². The Hall–Kier alpha value is -3.12. The zero-order valence-electron chi connectivity index (χ0n) is 13.3. The molecule has 2 N–H and O–H groups in total. The van der Waals surface area contributed by atoms with E-state index in [1.54, 1.807) is 6.20 Å². The number of carbonyl (C=O) groups is 1. The highest BCUT2D eigenvalue weighted by atomic mass is 32.2. The molecule has 1 amide bonds. The number of para-hydroxylation sites is 1. The van der Waals surface area contributed by atoms with Crippen LogP contribution in [0.2, 0.25) is 0 Å². The molecule has 0 unspecified atom stereocenters. The number of hydrogen-bond donors (Lipinski definition) is 2. The summed E-state index contributed by atoms with van der Waals surface area (Å²) in [6.45, 7) is 3.43. The fraction of sp³-hybridized carbons (Fsp3) is 0. The van der Waals surface area contributed by atoms with Crippen molar-refractivity contribution < 1.29 is 4.79 Å². The van der Waals surface area contributed by atoms with Crippen LogP contribution in [0.1, 0.15) is 0 Å². The Labute approximate surface area is 150 Å². The smallest absolute Gasteiger partial charge is 0.247 e. The maximum absolute atomic E-state index is 11.3.